The van der Waals surface area contributed by atoms with E-state index in [0.717, 1.165) is 10.5 Å². The molecule has 1 saturated heterocycles. The van der Waals surface area contributed by atoms with Gasteiger partial charge in [-0.2, -0.15) is 0 Å². The van der Waals surface area contributed by atoms with Crippen molar-refractivity contribution in [3.05, 3.63) is 29.8 Å². The summed E-state index contributed by atoms with van der Waals surface area (Å²) < 4.78 is 24.1. The molecule has 1 N–H and O–H groups in total. The first kappa shape index (κ1) is 16.6. The van der Waals surface area contributed by atoms with Crippen LogP contribution in [0.1, 0.15) is 32.3 Å². The fraction of sp³-hybridized carbons (Fsp3) is 0.625. The fourth-order valence-electron chi connectivity index (χ4n) is 2.60. The highest BCUT2D eigenvalue weighted by atomic mass is 32.2. The molecule has 1 fully saturated rings. The number of aliphatic hydroxyl groups excluding tert-OH is 1. The summed E-state index contributed by atoms with van der Waals surface area (Å²) in [5.74, 6) is -0.238. The highest BCUT2D eigenvalue weighted by Gasteiger charge is 2.35. The second-order valence-corrected chi connectivity index (χ2v) is 7.45. The van der Waals surface area contributed by atoms with Crippen LogP contribution >= 0.6 is 0 Å². The average Bonchev–Trinajstić information content (AvgIpc) is 2.37. The molecule has 0 radical (unpaired) electrons. The molecule has 0 amide bonds. The van der Waals surface area contributed by atoms with Crippen molar-refractivity contribution in [3.63, 3.8) is 0 Å². The molecular formula is C16H24O4S. The van der Waals surface area contributed by atoms with E-state index in [-0.39, 0.29) is 18.8 Å². The van der Waals surface area contributed by atoms with Crippen molar-refractivity contribution in [1.29, 1.82) is 0 Å². The Labute approximate surface area is 128 Å². The molecule has 0 spiro atoms. The van der Waals surface area contributed by atoms with Gasteiger partial charge < -0.3 is 14.6 Å². The lowest BCUT2D eigenvalue weighted by molar-refractivity contribution is -0.296. The van der Waals surface area contributed by atoms with Gasteiger partial charge in [-0.05, 0) is 39.3 Å². The number of hydrogen-bond acceptors (Lipinski definition) is 4. The largest absolute Gasteiger partial charge is 0.396 e. The molecule has 2 rings (SSSR count). The van der Waals surface area contributed by atoms with Gasteiger partial charge in [0.15, 0.2) is 5.79 Å². The molecule has 1 aromatic rings. The second kappa shape index (κ2) is 7.01. The summed E-state index contributed by atoms with van der Waals surface area (Å²) >= 11 is 0. The molecule has 1 aliphatic heterocycles. The third kappa shape index (κ3) is 4.88. The summed E-state index contributed by atoms with van der Waals surface area (Å²) in [5.41, 5.74) is 1.15. The molecule has 0 bridgehead atoms. The van der Waals surface area contributed by atoms with Gasteiger partial charge in [0.25, 0.3) is 0 Å². The number of rotatable bonds is 5. The first-order valence-corrected chi connectivity index (χ1v) is 8.63. The maximum Gasteiger partial charge on any atom is 0.163 e. The van der Waals surface area contributed by atoms with Gasteiger partial charge in [0.2, 0.25) is 0 Å². The van der Waals surface area contributed by atoms with E-state index in [2.05, 4.69) is 0 Å². The van der Waals surface area contributed by atoms with Crippen molar-refractivity contribution >= 4 is 10.8 Å². The van der Waals surface area contributed by atoms with Gasteiger partial charge >= 0.3 is 0 Å². The van der Waals surface area contributed by atoms with Gasteiger partial charge in [-0.15, -0.1) is 0 Å². The summed E-state index contributed by atoms with van der Waals surface area (Å²) in [6.07, 6.45) is 1.09. The van der Waals surface area contributed by atoms with E-state index in [1.807, 2.05) is 45.0 Å². The Bertz CT molecular complexity index is 484. The maximum absolute atomic E-state index is 12.4. The molecular weight excluding hydrogens is 288 g/mol. The number of ether oxygens (including phenoxy) is 2. The molecule has 118 valence electrons. The first-order valence-electron chi connectivity index (χ1n) is 7.31. The quantitative estimate of drug-likeness (QED) is 0.907. The minimum absolute atomic E-state index is 0.0428. The molecule has 4 nitrogen and oxygen atoms in total. The van der Waals surface area contributed by atoms with E-state index in [4.69, 9.17) is 14.6 Å². The standard InChI is InChI=1S/C16H24O4S/c1-12-4-6-15(7-5-12)21(18)11-14-10-13(8-9-17)19-16(2,3)20-14/h4-7,13-14,17H,8-11H2,1-3H3/t13-,14-,21?/m0/s1. The average molecular weight is 312 g/mol. The summed E-state index contributed by atoms with van der Waals surface area (Å²) in [5, 5.41) is 9.08. The van der Waals surface area contributed by atoms with Crippen LogP contribution in [-0.4, -0.2) is 39.7 Å². The minimum Gasteiger partial charge on any atom is -0.396 e. The van der Waals surface area contributed by atoms with E-state index >= 15 is 0 Å². The summed E-state index contributed by atoms with van der Waals surface area (Å²) in [7, 11) is -1.08. The first-order chi connectivity index (χ1) is 9.89. The van der Waals surface area contributed by atoms with E-state index in [1.165, 1.54) is 0 Å². The molecule has 5 heteroatoms. The molecule has 0 aromatic heterocycles. The summed E-state index contributed by atoms with van der Waals surface area (Å²) in [6.45, 7) is 5.82. The lowest BCUT2D eigenvalue weighted by Crippen LogP contribution is -2.46. The number of aryl methyl sites for hydroxylation is 1. The Morgan fingerprint density at radius 1 is 1.24 bits per heavy atom. The van der Waals surface area contributed by atoms with Crippen LogP contribution in [0.3, 0.4) is 0 Å². The van der Waals surface area contributed by atoms with Crippen LogP contribution in [0.5, 0.6) is 0 Å². The van der Waals surface area contributed by atoms with Gasteiger partial charge in [0, 0.05) is 17.9 Å². The maximum atomic E-state index is 12.4. The van der Waals surface area contributed by atoms with Crippen LogP contribution in [0.4, 0.5) is 0 Å². The molecule has 21 heavy (non-hydrogen) atoms. The van der Waals surface area contributed by atoms with Crippen molar-refractivity contribution < 1.29 is 18.8 Å². The normalized spacial score (nSPS) is 26.5. The van der Waals surface area contributed by atoms with Gasteiger partial charge in [0.1, 0.15) is 0 Å². The molecule has 3 atom stereocenters. The van der Waals surface area contributed by atoms with Crippen molar-refractivity contribution in [2.24, 2.45) is 0 Å². The van der Waals surface area contributed by atoms with Crippen molar-refractivity contribution in [1.82, 2.24) is 0 Å². The lowest BCUT2D eigenvalue weighted by atomic mass is 10.1. The topological polar surface area (TPSA) is 55.8 Å². The summed E-state index contributed by atoms with van der Waals surface area (Å²) in [4.78, 5) is 0.826. The lowest BCUT2D eigenvalue weighted by Gasteiger charge is -2.40. The van der Waals surface area contributed by atoms with Gasteiger partial charge in [-0.3, -0.25) is 4.21 Å². The Morgan fingerprint density at radius 3 is 2.48 bits per heavy atom. The van der Waals surface area contributed by atoms with E-state index in [9.17, 15) is 4.21 Å². The van der Waals surface area contributed by atoms with Crippen LogP contribution in [0, 0.1) is 6.92 Å². The van der Waals surface area contributed by atoms with Crippen LogP contribution in [-0.2, 0) is 20.3 Å². The van der Waals surface area contributed by atoms with Gasteiger partial charge in [-0.25, -0.2) is 0 Å². The Morgan fingerprint density at radius 2 is 1.86 bits per heavy atom. The van der Waals surface area contributed by atoms with Crippen molar-refractivity contribution in [2.75, 3.05) is 12.4 Å². The zero-order valence-corrected chi connectivity index (χ0v) is 13.7. The minimum atomic E-state index is -1.08. The predicted octanol–water partition coefficient (Wildman–Crippen LogP) is 2.40. The highest BCUT2D eigenvalue weighted by Crippen LogP contribution is 2.29. The zero-order chi connectivity index (χ0) is 15.5. The molecule has 1 aromatic carbocycles. The predicted molar refractivity (Wildman–Crippen MR) is 82.6 cm³/mol. The third-order valence-electron chi connectivity index (χ3n) is 3.50. The van der Waals surface area contributed by atoms with E-state index < -0.39 is 16.6 Å². The van der Waals surface area contributed by atoms with E-state index in [0.29, 0.717) is 18.6 Å². The Hall–Kier alpha value is -0.750. The smallest absolute Gasteiger partial charge is 0.163 e. The van der Waals surface area contributed by atoms with Crippen LogP contribution in [0.25, 0.3) is 0 Å². The van der Waals surface area contributed by atoms with Crippen LogP contribution in [0.2, 0.25) is 0 Å². The molecule has 1 heterocycles. The second-order valence-electron chi connectivity index (χ2n) is 5.95. The molecule has 0 saturated carbocycles. The van der Waals surface area contributed by atoms with Gasteiger partial charge in [0.05, 0.1) is 28.8 Å². The van der Waals surface area contributed by atoms with Crippen LogP contribution < -0.4 is 0 Å². The third-order valence-corrected chi connectivity index (χ3v) is 4.97. The number of benzene rings is 1. The van der Waals surface area contributed by atoms with Crippen molar-refractivity contribution in [2.45, 2.75) is 56.5 Å². The molecule has 1 aliphatic rings. The Kier molecular flexibility index (Phi) is 5.54. The highest BCUT2D eigenvalue weighted by molar-refractivity contribution is 7.85. The number of aliphatic hydroxyl groups is 1. The summed E-state index contributed by atoms with van der Waals surface area (Å²) in [6, 6.07) is 7.75. The monoisotopic (exact) mass is 312 g/mol. The van der Waals surface area contributed by atoms with E-state index in [1.54, 1.807) is 0 Å². The molecule has 0 aliphatic carbocycles. The van der Waals surface area contributed by atoms with Crippen LogP contribution in [0.15, 0.2) is 29.2 Å². The number of hydrogen-bond donors (Lipinski definition) is 1. The molecule has 1 unspecified atom stereocenters. The fourth-order valence-corrected chi connectivity index (χ4v) is 3.77. The van der Waals surface area contributed by atoms with Gasteiger partial charge in [-0.1, -0.05) is 17.7 Å². The van der Waals surface area contributed by atoms with Crippen molar-refractivity contribution in [3.8, 4) is 0 Å². The zero-order valence-electron chi connectivity index (χ0n) is 12.9. The Balaban J connectivity index is 2.00. The SMILES string of the molecule is Cc1ccc(S(=O)C[C@@H]2C[C@H](CCO)OC(C)(C)O2)cc1.